The minimum absolute atomic E-state index is 0.126. The Morgan fingerprint density at radius 1 is 1.27 bits per heavy atom. The summed E-state index contributed by atoms with van der Waals surface area (Å²) in [6, 6.07) is 5.04. The summed E-state index contributed by atoms with van der Waals surface area (Å²) < 4.78 is 0. The molecule has 5 nitrogen and oxygen atoms in total. The predicted molar refractivity (Wildman–Crippen MR) is 54.3 cm³/mol. The third-order valence-electron chi connectivity index (χ3n) is 1.91. The van der Waals surface area contributed by atoms with E-state index in [1.807, 2.05) is 0 Å². The van der Waals surface area contributed by atoms with Crippen LogP contribution in [0, 0.1) is 0 Å². The topological polar surface area (TPSA) is 73.7 Å². The monoisotopic (exact) mass is 210 g/mol. The fourth-order valence-corrected chi connectivity index (χ4v) is 1.21. The van der Waals surface area contributed by atoms with E-state index in [2.05, 4.69) is 4.98 Å². The van der Waals surface area contributed by atoms with Crippen molar-refractivity contribution in [3.05, 3.63) is 30.1 Å². The van der Waals surface area contributed by atoms with E-state index in [-0.39, 0.29) is 32.2 Å². The number of nitrogens with zero attached hydrogens (tertiary/aromatic N) is 2. The minimum Gasteiger partial charge on any atom is -0.395 e. The molecule has 0 atom stereocenters. The smallest absolute Gasteiger partial charge is 0.272 e. The number of aliphatic hydroxyl groups is 2. The lowest BCUT2D eigenvalue weighted by Gasteiger charge is -2.19. The SMILES string of the molecule is O=C(c1ccccn1)N(CCO)CCO. The highest BCUT2D eigenvalue weighted by Crippen LogP contribution is 2.00. The fraction of sp³-hybridized carbons (Fsp3) is 0.400. The van der Waals surface area contributed by atoms with Gasteiger partial charge in [-0.25, -0.2) is 0 Å². The Morgan fingerprint density at radius 3 is 2.40 bits per heavy atom. The van der Waals surface area contributed by atoms with Crippen LogP contribution in [0.2, 0.25) is 0 Å². The minimum atomic E-state index is -0.279. The van der Waals surface area contributed by atoms with E-state index in [0.717, 1.165) is 0 Å². The third-order valence-corrected chi connectivity index (χ3v) is 1.91. The molecule has 2 N–H and O–H groups in total. The van der Waals surface area contributed by atoms with Crippen molar-refractivity contribution in [1.82, 2.24) is 9.88 Å². The van der Waals surface area contributed by atoms with E-state index >= 15 is 0 Å². The first kappa shape index (κ1) is 11.6. The number of aromatic nitrogens is 1. The average Bonchev–Trinajstić information content (AvgIpc) is 2.29. The molecule has 0 aliphatic rings. The summed E-state index contributed by atoms with van der Waals surface area (Å²) in [7, 11) is 0. The second-order valence-electron chi connectivity index (χ2n) is 2.95. The van der Waals surface area contributed by atoms with Gasteiger partial charge in [0.1, 0.15) is 5.69 Å². The van der Waals surface area contributed by atoms with E-state index < -0.39 is 0 Å². The first-order valence-electron chi connectivity index (χ1n) is 4.71. The summed E-state index contributed by atoms with van der Waals surface area (Å²) in [5, 5.41) is 17.5. The molecule has 1 amide bonds. The lowest BCUT2D eigenvalue weighted by atomic mass is 10.3. The summed E-state index contributed by atoms with van der Waals surface area (Å²) in [6.07, 6.45) is 1.53. The molecule has 0 fully saturated rings. The maximum Gasteiger partial charge on any atom is 0.272 e. The molecule has 0 spiro atoms. The molecule has 5 heteroatoms. The van der Waals surface area contributed by atoms with Crippen LogP contribution >= 0.6 is 0 Å². The van der Waals surface area contributed by atoms with Crippen molar-refractivity contribution >= 4 is 5.91 Å². The lowest BCUT2D eigenvalue weighted by molar-refractivity contribution is 0.0679. The summed E-state index contributed by atoms with van der Waals surface area (Å²) in [5.74, 6) is -0.279. The molecule has 1 aromatic rings. The number of rotatable bonds is 5. The van der Waals surface area contributed by atoms with Gasteiger partial charge in [-0.05, 0) is 12.1 Å². The average molecular weight is 210 g/mol. The Balaban J connectivity index is 2.71. The molecule has 0 aromatic carbocycles. The van der Waals surface area contributed by atoms with Gasteiger partial charge in [0.15, 0.2) is 0 Å². The second-order valence-corrected chi connectivity index (χ2v) is 2.95. The highest BCUT2D eigenvalue weighted by atomic mass is 16.3. The summed E-state index contributed by atoms with van der Waals surface area (Å²) in [6.45, 7) is 0.156. The molecule has 15 heavy (non-hydrogen) atoms. The van der Waals surface area contributed by atoms with Crippen LogP contribution in [0.25, 0.3) is 0 Å². The molecular weight excluding hydrogens is 196 g/mol. The lowest BCUT2D eigenvalue weighted by Crippen LogP contribution is -2.36. The zero-order valence-electron chi connectivity index (χ0n) is 8.33. The van der Waals surface area contributed by atoms with Gasteiger partial charge < -0.3 is 15.1 Å². The quantitative estimate of drug-likeness (QED) is 0.687. The Hall–Kier alpha value is -1.46. The van der Waals surface area contributed by atoms with Gasteiger partial charge in [-0.1, -0.05) is 6.07 Å². The number of hydrogen-bond acceptors (Lipinski definition) is 4. The van der Waals surface area contributed by atoms with Gasteiger partial charge in [-0.3, -0.25) is 9.78 Å². The Morgan fingerprint density at radius 2 is 1.93 bits per heavy atom. The molecule has 0 saturated carbocycles. The van der Waals surface area contributed by atoms with Crippen LogP contribution in [-0.4, -0.2) is 52.3 Å². The van der Waals surface area contributed by atoms with E-state index in [0.29, 0.717) is 5.69 Å². The number of hydrogen-bond donors (Lipinski definition) is 2. The fourth-order valence-electron chi connectivity index (χ4n) is 1.21. The molecule has 0 unspecified atom stereocenters. The van der Waals surface area contributed by atoms with Gasteiger partial charge >= 0.3 is 0 Å². The highest BCUT2D eigenvalue weighted by Gasteiger charge is 2.15. The summed E-state index contributed by atoms with van der Waals surface area (Å²) in [5.41, 5.74) is 0.319. The molecular formula is C10H14N2O3. The third kappa shape index (κ3) is 3.30. The Kier molecular flexibility index (Phi) is 4.73. The molecule has 0 saturated heterocycles. The zero-order valence-corrected chi connectivity index (χ0v) is 8.33. The van der Waals surface area contributed by atoms with Crippen molar-refractivity contribution in [2.45, 2.75) is 0 Å². The zero-order chi connectivity index (χ0) is 11.1. The normalized spacial score (nSPS) is 10.0. The van der Waals surface area contributed by atoms with Crippen LogP contribution in [0.3, 0.4) is 0 Å². The largest absolute Gasteiger partial charge is 0.395 e. The van der Waals surface area contributed by atoms with Crippen molar-refractivity contribution in [3.8, 4) is 0 Å². The molecule has 82 valence electrons. The van der Waals surface area contributed by atoms with E-state index in [4.69, 9.17) is 10.2 Å². The van der Waals surface area contributed by atoms with Gasteiger partial charge in [-0.15, -0.1) is 0 Å². The van der Waals surface area contributed by atoms with Gasteiger partial charge in [0, 0.05) is 19.3 Å². The summed E-state index contributed by atoms with van der Waals surface area (Å²) >= 11 is 0. The number of amides is 1. The number of carbonyl (C=O) groups is 1. The molecule has 0 radical (unpaired) electrons. The maximum absolute atomic E-state index is 11.8. The van der Waals surface area contributed by atoms with E-state index in [9.17, 15) is 4.79 Å². The van der Waals surface area contributed by atoms with Gasteiger partial charge in [0.25, 0.3) is 5.91 Å². The summed E-state index contributed by atoms with van der Waals surface area (Å²) in [4.78, 5) is 17.0. The number of pyridine rings is 1. The van der Waals surface area contributed by atoms with Crippen LogP contribution in [0.1, 0.15) is 10.5 Å². The molecule has 0 bridgehead atoms. The number of carbonyl (C=O) groups excluding carboxylic acids is 1. The van der Waals surface area contributed by atoms with Crippen molar-refractivity contribution in [1.29, 1.82) is 0 Å². The van der Waals surface area contributed by atoms with E-state index in [1.165, 1.54) is 11.1 Å². The maximum atomic E-state index is 11.8. The Bertz CT molecular complexity index is 297. The van der Waals surface area contributed by atoms with Gasteiger partial charge in [-0.2, -0.15) is 0 Å². The molecule has 1 aromatic heterocycles. The van der Waals surface area contributed by atoms with Crippen LogP contribution in [0.5, 0.6) is 0 Å². The molecule has 0 aliphatic heterocycles. The number of aliphatic hydroxyl groups excluding tert-OH is 2. The van der Waals surface area contributed by atoms with Crippen molar-refractivity contribution in [2.24, 2.45) is 0 Å². The first-order valence-corrected chi connectivity index (χ1v) is 4.71. The van der Waals surface area contributed by atoms with Crippen molar-refractivity contribution in [3.63, 3.8) is 0 Å². The molecule has 1 rings (SSSR count). The van der Waals surface area contributed by atoms with Crippen LogP contribution in [-0.2, 0) is 0 Å². The van der Waals surface area contributed by atoms with Crippen molar-refractivity contribution < 1.29 is 15.0 Å². The molecule has 0 aliphatic carbocycles. The first-order chi connectivity index (χ1) is 7.29. The second kappa shape index (κ2) is 6.10. The Labute approximate surface area is 88.0 Å². The van der Waals surface area contributed by atoms with Crippen LogP contribution < -0.4 is 0 Å². The predicted octanol–water partition coefficient (Wildman–Crippen LogP) is -0.492. The van der Waals surface area contributed by atoms with Crippen LogP contribution in [0.4, 0.5) is 0 Å². The standard InChI is InChI=1S/C10H14N2O3/c13-7-5-12(6-8-14)10(15)9-3-1-2-4-11-9/h1-4,13-14H,5-8H2. The van der Waals surface area contributed by atoms with Crippen LogP contribution in [0.15, 0.2) is 24.4 Å². The van der Waals surface area contributed by atoms with E-state index in [1.54, 1.807) is 18.2 Å². The highest BCUT2D eigenvalue weighted by molar-refractivity contribution is 5.92. The molecule has 1 heterocycles. The van der Waals surface area contributed by atoms with Crippen molar-refractivity contribution in [2.75, 3.05) is 26.3 Å². The van der Waals surface area contributed by atoms with Gasteiger partial charge in [0.2, 0.25) is 0 Å². The van der Waals surface area contributed by atoms with Gasteiger partial charge in [0.05, 0.1) is 13.2 Å².